The van der Waals surface area contributed by atoms with E-state index in [4.69, 9.17) is 0 Å². The van der Waals surface area contributed by atoms with Gasteiger partial charge in [-0.1, -0.05) is 5.10 Å². The molecule has 0 saturated carbocycles. The molecular weight excluding hydrogens is 270 g/mol. The molecule has 0 saturated heterocycles. The summed E-state index contributed by atoms with van der Waals surface area (Å²) in [5.41, 5.74) is 0.418. The number of sulfonamides is 1. The summed E-state index contributed by atoms with van der Waals surface area (Å²) in [7, 11) is -2.32. The Morgan fingerprint density at radius 2 is 2.21 bits per heavy atom. The molecule has 10 heteroatoms. The number of pyridine rings is 1. The largest absolute Gasteiger partial charge is 0.383 e. The van der Waals surface area contributed by atoms with Crippen LogP contribution in [-0.4, -0.2) is 40.2 Å². The maximum Gasteiger partial charge on any atom is 0.283 e. The standard InChI is InChI=1S/C9H13N7O2S/c1-3-10-7-5-4-6-11-8(7)19(17,18)14-9-12-15-16(2)13-9/h4-6,10H,3H2,1-2H3,(H,13,14). The van der Waals surface area contributed by atoms with Crippen molar-refractivity contribution in [1.29, 1.82) is 0 Å². The number of aromatic nitrogens is 5. The van der Waals surface area contributed by atoms with Crippen LogP contribution in [0.25, 0.3) is 0 Å². The first-order valence-corrected chi connectivity index (χ1v) is 6.97. The van der Waals surface area contributed by atoms with E-state index in [0.717, 1.165) is 4.80 Å². The predicted octanol–water partition coefficient (Wildman–Crippen LogP) is -0.162. The summed E-state index contributed by atoms with van der Waals surface area (Å²) in [6.45, 7) is 2.44. The highest BCUT2D eigenvalue weighted by Crippen LogP contribution is 2.19. The summed E-state index contributed by atoms with van der Waals surface area (Å²) >= 11 is 0. The predicted molar refractivity (Wildman–Crippen MR) is 68.0 cm³/mol. The Bertz CT molecular complexity index is 667. The number of tetrazole rings is 1. The lowest BCUT2D eigenvalue weighted by atomic mass is 10.4. The van der Waals surface area contributed by atoms with Crippen LogP contribution in [0.4, 0.5) is 11.6 Å². The van der Waals surface area contributed by atoms with Crippen LogP contribution in [0.2, 0.25) is 0 Å². The maximum absolute atomic E-state index is 12.2. The molecule has 0 unspecified atom stereocenters. The molecule has 19 heavy (non-hydrogen) atoms. The van der Waals surface area contributed by atoms with Crippen LogP contribution in [0, 0.1) is 0 Å². The molecule has 2 heterocycles. The van der Waals surface area contributed by atoms with E-state index in [1.807, 2.05) is 6.92 Å². The fourth-order valence-corrected chi connectivity index (χ4v) is 2.47. The molecule has 0 amide bonds. The van der Waals surface area contributed by atoms with Gasteiger partial charge in [0.2, 0.25) is 0 Å². The Morgan fingerprint density at radius 1 is 1.42 bits per heavy atom. The van der Waals surface area contributed by atoms with Gasteiger partial charge in [-0.25, -0.2) is 9.71 Å². The zero-order valence-electron chi connectivity index (χ0n) is 10.4. The quantitative estimate of drug-likeness (QED) is 0.783. The lowest BCUT2D eigenvalue weighted by Crippen LogP contribution is -2.17. The molecule has 0 aliphatic rings. The van der Waals surface area contributed by atoms with E-state index in [-0.39, 0.29) is 11.0 Å². The Balaban J connectivity index is 2.34. The number of nitrogens with one attached hydrogen (secondary N) is 2. The van der Waals surface area contributed by atoms with Gasteiger partial charge in [0.25, 0.3) is 16.0 Å². The third-order valence-electron chi connectivity index (χ3n) is 2.13. The average Bonchev–Trinajstić information content (AvgIpc) is 2.75. The van der Waals surface area contributed by atoms with E-state index in [2.05, 4.69) is 30.4 Å². The van der Waals surface area contributed by atoms with Gasteiger partial charge in [-0.3, -0.25) is 0 Å². The van der Waals surface area contributed by atoms with Crippen molar-refractivity contribution in [3.05, 3.63) is 18.3 Å². The van der Waals surface area contributed by atoms with Gasteiger partial charge in [-0.05, 0) is 24.3 Å². The van der Waals surface area contributed by atoms with Crippen LogP contribution in [-0.2, 0) is 17.1 Å². The number of rotatable bonds is 5. The lowest BCUT2D eigenvalue weighted by Gasteiger charge is -2.09. The van der Waals surface area contributed by atoms with Crippen LogP contribution >= 0.6 is 0 Å². The topological polar surface area (TPSA) is 115 Å². The van der Waals surface area contributed by atoms with Gasteiger partial charge < -0.3 is 5.32 Å². The minimum atomic E-state index is -3.85. The van der Waals surface area contributed by atoms with Gasteiger partial charge in [-0.2, -0.15) is 13.2 Å². The minimum Gasteiger partial charge on any atom is -0.383 e. The minimum absolute atomic E-state index is 0.101. The van der Waals surface area contributed by atoms with Gasteiger partial charge in [0.05, 0.1) is 12.7 Å². The molecule has 2 rings (SSSR count). The summed E-state index contributed by atoms with van der Waals surface area (Å²) < 4.78 is 26.6. The molecule has 2 N–H and O–H groups in total. The van der Waals surface area contributed by atoms with Crippen molar-refractivity contribution in [3.63, 3.8) is 0 Å². The molecule has 102 valence electrons. The van der Waals surface area contributed by atoms with Crippen molar-refractivity contribution in [2.45, 2.75) is 11.9 Å². The van der Waals surface area contributed by atoms with E-state index < -0.39 is 10.0 Å². The molecular formula is C9H13N7O2S. The fraction of sp³-hybridized carbons (Fsp3) is 0.333. The number of hydrogen-bond donors (Lipinski definition) is 2. The zero-order valence-corrected chi connectivity index (χ0v) is 11.2. The van der Waals surface area contributed by atoms with E-state index in [1.165, 1.54) is 13.2 Å². The van der Waals surface area contributed by atoms with Crippen LogP contribution in [0.5, 0.6) is 0 Å². The average molecular weight is 283 g/mol. The second kappa shape index (κ2) is 5.18. The monoisotopic (exact) mass is 283 g/mol. The zero-order chi connectivity index (χ0) is 13.9. The Hall–Kier alpha value is -2.23. The van der Waals surface area contributed by atoms with E-state index in [0.29, 0.717) is 12.2 Å². The highest BCUT2D eigenvalue weighted by atomic mass is 32.2. The second-order valence-corrected chi connectivity index (χ2v) is 5.19. The van der Waals surface area contributed by atoms with E-state index >= 15 is 0 Å². The fourth-order valence-electron chi connectivity index (χ4n) is 1.42. The van der Waals surface area contributed by atoms with Crippen molar-refractivity contribution in [2.24, 2.45) is 7.05 Å². The van der Waals surface area contributed by atoms with Crippen LogP contribution in [0.3, 0.4) is 0 Å². The molecule has 9 nitrogen and oxygen atoms in total. The first-order chi connectivity index (χ1) is 9.03. The van der Waals surface area contributed by atoms with E-state index in [9.17, 15) is 8.42 Å². The molecule has 0 atom stereocenters. The number of aryl methyl sites for hydroxylation is 1. The molecule has 2 aromatic rings. The summed E-state index contributed by atoms with van der Waals surface area (Å²) in [5.74, 6) is -0.101. The van der Waals surface area contributed by atoms with Gasteiger partial charge in [-0.15, -0.1) is 5.10 Å². The first kappa shape index (κ1) is 13.2. The highest BCUT2D eigenvalue weighted by molar-refractivity contribution is 7.92. The smallest absolute Gasteiger partial charge is 0.283 e. The molecule has 0 aliphatic heterocycles. The third-order valence-corrected chi connectivity index (χ3v) is 3.41. The van der Waals surface area contributed by atoms with Crippen LogP contribution < -0.4 is 10.0 Å². The summed E-state index contributed by atoms with van der Waals surface area (Å²) in [4.78, 5) is 5.03. The van der Waals surface area contributed by atoms with E-state index in [1.54, 1.807) is 12.1 Å². The maximum atomic E-state index is 12.2. The first-order valence-electron chi connectivity index (χ1n) is 5.48. The number of hydrogen-bond acceptors (Lipinski definition) is 7. The molecule has 2 aromatic heterocycles. The molecule has 0 aliphatic carbocycles. The van der Waals surface area contributed by atoms with Gasteiger partial charge in [0.1, 0.15) is 0 Å². The third kappa shape index (κ3) is 2.96. The van der Waals surface area contributed by atoms with Crippen LogP contribution in [0.1, 0.15) is 6.92 Å². The lowest BCUT2D eigenvalue weighted by molar-refractivity contribution is 0.597. The highest BCUT2D eigenvalue weighted by Gasteiger charge is 2.21. The molecule has 0 radical (unpaired) electrons. The SMILES string of the molecule is CCNc1cccnc1S(=O)(=O)Nc1nnn(C)n1. The molecule has 0 spiro atoms. The van der Waals surface area contributed by atoms with Crippen molar-refractivity contribution in [1.82, 2.24) is 25.2 Å². The van der Waals surface area contributed by atoms with Crippen LogP contribution in [0.15, 0.2) is 23.4 Å². The second-order valence-electron chi connectivity index (χ2n) is 3.59. The summed E-state index contributed by atoms with van der Waals surface area (Å²) in [6.07, 6.45) is 1.40. The summed E-state index contributed by atoms with van der Waals surface area (Å²) in [5, 5.41) is 13.7. The normalized spacial score (nSPS) is 11.3. The molecule has 0 aromatic carbocycles. The number of anilines is 2. The van der Waals surface area contributed by atoms with Crippen molar-refractivity contribution in [2.75, 3.05) is 16.6 Å². The van der Waals surface area contributed by atoms with Gasteiger partial charge >= 0.3 is 0 Å². The molecule has 0 bridgehead atoms. The Kier molecular flexibility index (Phi) is 3.60. The molecule has 0 fully saturated rings. The van der Waals surface area contributed by atoms with Crippen molar-refractivity contribution in [3.8, 4) is 0 Å². The summed E-state index contributed by atoms with van der Waals surface area (Å²) in [6, 6.07) is 3.28. The van der Waals surface area contributed by atoms with Gasteiger partial charge in [0.15, 0.2) is 5.03 Å². The number of nitrogens with zero attached hydrogens (tertiary/aromatic N) is 5. The Labute approximate surface area is 110 Å². The van der Waals surface area contributed by atoms with Gasteiger partial charge in [0, 0.05) is 12.7 Å². The van der Waals surface area contributed by atoms with Crippen molar-refractivity contribution < 1.29 is 8.42 Å². The Morgan fingerprint density at radius 3 is 2.84 bits per heavy atom. The van der Waals surface area contributed by atoms with Crippen molar-refractivity contribution >= 4 is 21.7 Å².